The van der Waals surface area contributed by atoms with E-state index in [1.54, 1.807) is 18.2 Å². The minimum Gasteiger partial charge on any atom is -0.486 e. The first kappa shape index (κ1) is 21.3. The number of hydrogen-bond donors (Lipinski definition) is 1. The Bertz CT molecular complexity index is 822. The fourth-order valence-corrected chi connectivity index (χ4v) is 3.78. The first-order valence-electron chi connectivity index (χ1n) is 9.54. The summed E-state index contributed by atoms with van der Waals surface area (Å²) in [5.74, 6) is 0.750. The Morgan fingerprint density at radius 1 is 1.48 bits per heavy atom. The summed E-state index contributed by atoms with van der Waals surface area (Å²) < 4.78 is 26.1. The maximum absolute atomic E-state index is 13.0. The zero-order valence-corrected chi connectivity index (χ0v) is 17.2. The molecule has 7 nitrogen and oxygen atoms in total. The van der Waals surface area contributed by atoms with E-state index in [2.05, 4.69) is 22.1 Å². The van der Waals surface area contributed by atoms with Gasteiger partial charge in [-0.1, -0.05) is 17.8 Å². The molecule has 1 fully saturated rings. The summed E-state index contributed by atoms with van der Waals surface area (Å²) in [7, 11) is 0. The van der Waals surface area contributed by atoms with Crippen LogP contribution in [0.1, 0.15) is 25.6 Å². The van der Waals surface area contributed by atoms with Gasteiger partial charge in [0, 0.05) is 19.7 Å². The molecule has 0 radical (unpaired) electrons. The molecule has 2 heterocycles. The van der Waals surface area contributed by atoms with E-state index in [4.69, 9.17) is 9.47 Å². The van der Waals surface area contributed by atoms with Crippen molar-refractivity contribution in [2.24, 2.45) is 0 Å². The largest absolute Gasteiger partial charge is 0.486 e. The smallest absolute Gasteiger partial charge is 0.233 e. The van der Waals surface area contributed by atoms with Gasteiger partial charge in [0.15, 0.2) is 11.0 Å². The number of nitrogens with one attached hydrogen (secondary N) is 1. The van der Waals surface area contributed by atoms with E-state index in [1.807, 2.05) is 11.5 Å². The molecule has 1 aromatic carbocycles. The van der Waals surface area contributed by atoms with Gasteiger partial charge in [0.2, 0.25) is 5.91 Å². The number of allylic oxidation sites excluding steroid dienone is 1. The summed E-state index contributed by atoms with van der Waals surface area (Å²) in [6, 6.07) is 5.78. The summed E-state index contributed by atoms with van der Waals surface area (Å²) in [6.45, 7) is 7.55. The number of halogens is 1. The highest BCUT2D eigenvalue weighted by atomic mass is 32.2. The molecule has 2 atom stereocenters. The van der Waals surface area contributed by atoms with Crippen LogP contribution < -0.4 is 10.1 Å². The number of carbonyl (C=O) groups is 1. The third kappa shape index (κ3) is 6.04. The first-order chi connectivity index (χ1) is 14.1. The molecule has 0 bridgehead atoms. The zero-order chi connectivity index (χ0) is 20.6. The lowest BCUT2D eigenvalue weighted by Crippen LogP contribution is -2.36. The van der Waals surface area contributed by atoms with E-state index < -0.39 is 0 Å². The standard InChI is InChI=1S/C20H25FN4O3S/c1-3-10-25-18(13-28-16-8-6-15(21)7-9-16)23-24-20(25)29-14(2)19(26)22-12-17-5-4-11-27-17/h3,6-9,14,17H,1,4-5,10-13H2,2H3,(H,22,26). The van der Waals surface area contributed by atoms with Gasteiger partial charge in [-0.15, -0.1) is 16.8 Å². The quantitative estimate of drug-likeness (QED) is 0.470. The van der Waals surface area contributed by atoms with Crippen LogP contribution in [0.15, 0.2) is 42.1 Å². The zero-order valence-electron chi connectivity index (χ0n) is 16.3. The number of carbonyl (C=O) groups excluding carboxylic acids is 1. The van der Waals surface area contributed by atoms with E-state index in [9.17, 15) is 9.18 Å². The second kappa shape index (κ2) is 10.4. The van der Waals surface area contributed by atoms with E-state index in [0.29, 0.717) is 29.8 Å². The van der Waals surface area contributed by atoms with E-state index in [1.165, 1.54) is 23.9 Å². The number of hydrogen-bond acceptors (Lipinski definition) is 6. The van der Waals surface area contributed by atoms with Gasteiger partial charge in [0.1, 0.15) is 18.2 Å². The molecule has 1 aliphatic rings. The van der Waals surface area contributed by atoms with Crippen molar-refractivity contribution >= 4 is 17.7 Å². The molecule has 0 saturated carbocycles. The van der Waals surface area contributed by atoms with E-state index in [-0.39, 0.29) is 29.7 Å². The number of rotatable bonds is 10. The van der Waals surface area contributed by atoms with Crippen molar-refractivity contribution in [3.63, 3.8) is 0 Å². The molecule has 29 heavy (non-hydrogen) atoms. The highest BCUT2D eigenvalue weighted by Gasteiger charge is 2.22. The van der Waals surface area contributed by atoms with Crippen LogP contribution >= 0.6 is 11.8 Å². The maximum Gasteiger partial charge on any atom is 0.233 e. The molecule has 1 N–H and O–H groups in total. The van der Waals surface area contributed by atoms with Gasteiger partial charge in [-0.25, -0.2) is 4.39 Å². The van der Waals surface area contributed by atoms with Crippen LogP contribution in [0.2, 0.25) is 0 Å². The molecular weight excluding hydrogens is 395 g/mol. The van der Waals surface area contributed by atoms with Crippen molar-refractivity contribution < 1.29 is 18.7 Å². The number of thioether (sulfide) groups is 1. The summed E-state index contributed by atoms with van der Waals surface area (Å²) in [4.78, 5) is 12.4. The number of nitrogens with zero attached hydrogens (tertiary/aromatic N) is 3. The molecule has 1 aromatic heterocycles. The Morgan fingerprint density at radius 3 is 2.97 bits per heavy atom. The second-order valence-electron chi connectivity index (χ2n) is 6.68. The molecule has 2 unspecified atom stereocenters. The highest BCUT2D eigenvalue weighted by molar-refractivity contribution is 8.00. The van der Waals surface area contributed by atoms with Crippen molar-refractivity contribution in [3.05, 3.63) is 48.6 Å². The number of aromatic nitrogens is 3. The van der Waals surface area contributed by atoms with Crippen molar-refractivity contribution in [1.29, 1.82) is 0 Å². The Morgan fingerprint density at radius 2 is 2.28 bits per heavy atom. The van der Waals surface area contributed by atoms with Crippen molar-refractivity contribution in [1.82, 2.24) is 20.1 Å². The molecule has 9 heteroatoms. The number of benzene rings is 1. The van der Waals surface area contributed by atoms with Crippen molar-refractivity contribution in [2.75, 3.05) is 13.2 Å². The summed E-state index contributed by atoms with van der Waals surface area (Å²) in [6.07, 6.45) is 3.86. The molecule has 0 spiro atoms. The van der Waals surface area contributed by atoms with Crippen LogP contribution in [0.4, 0.5) is 4.39 Å². The average Bonchev–Trinajstić information content (AvgIpc) is 3.37. The van der Waals surface area contributed by atoms with Gasteiger partial charge < -0.3 is 14.8 Å². The fraction of sp³-hybridized carbons (Fsp3) is 0.450. The molecule has 0 aliphatic carbocycles. The number of ether oxygens (including phenoxy) is 2. The second-order valence-corrected chi connectivity index (χ2v) is 7.99. The minimum atomic E-state index is -0.338. The van der Waals surface area contributed by atoms with E-state index >= 15 is 0 Å². The van der Waals surface area contributed by atoms with E-state index in [0.717, 1.165) is 19.4 Å². The van der Waals surface area contributed by atoms with Crippen LogP contribution in [-0.2, 0) is 22.7 Å². The Balaban J connectivity index is 1.58. The summed E-state index contributed by atoms with van der Waals surface area (Å²) in [5.41, 5.74) is 0. The average molecular weight is 421 g/mol. The molecule has 1 saturated heterocycles. The minimum absolute atomic E-state index is 0.0669. The van der Waals surface area contributed by atoms with Gasteiger partial charge >= 0.3 is 0 Å². The summed E-state index contributed by atoms with van der Waals surface area (Å²) in [5, 5.41) is 11.6. The fourth-order valence-electron chi connectivity index (χ4n) is 2.88. The van der Waals surface area contributed by atoms with Crippen LogP contribution in [0, 0.1) is 5.82 Å². The monoisotopic (exact) mass is 420 g/mol. The van der Waals surface area contributed by atoms with Gasteiger partial charge in [-0.3, -0.25) is 9.36 Å². The molecule has 1 aliphatic heterocycles. The van der Waals surface area contributed by atoms with Crippen LogP contribution in [0.5, 0.6) is 5.75 Å². The third-order valence-corrected chi connectivity index (χ3v) is 5.55. The van der Waals surface area contributed by atoms with Crippen LogP contribution in [-0.4, -0.2) is 45.2 Å². The Kier molecular flexibility index (Phi) is 7.65. The maximum atomic E-state index is 13.0. The predicted molar refractivity (Wildman–Crippen MR) is 108 cm³/mol. The summed E-state index contributed by atoms with van der Waals surface area (Å²) >= 11 is 1.33. The molecule has 156 valence electrons. The Labute approximate surface area is 173 Å². The van der Waals surface area contributed by atoms with Crippen molar-refractivity contribution in [2.45, 2.75) is 49.4 Å². The topological polar surface area (TPSA) is 78.3 Å². The highest BCUT2D eigenvalue weighted by Crippen LogP contribution is 2.23. The Hall–Kier alpha value is -2.39. The van der Waals surface area contributed by atoms with Gasteiger partial charge in [0.05, 0.1) is 11.4 Å². The molecule has 1 amide bonds. The third-order valence-electron chi connectivity index (χ3n) is 4.47. The SMILES string of the molecule is C=CCn1c(COc2ccc(F)cc2)nnc1SC(C)C(=O)NCC1CCCO1. The molecular formula is C20H25FN4O3S. The van der Waals surface area contributed by atoms with Crippen molar-refractivity contribution in [3.8, 4) is 5.75 Å². The van der Waals surface area contributed by atoms with Gasteiger partial charge in [-0.05, 0) is 44.0 Å². The normalized spacial score (nSPS) is 17.1. The van der Waals surface area contributed by atoms with Gasteiger partial charge in [-0.2, -0.15) is 0 Å². The van der Waals surface area contributed by atoms with Gasteiger partial charge in [0.25, 0.3) is 0 Å². The molecule has 3 rings (SSSR count). The van der Waals surface area contributed by atoms with Crippen LogP contribution in [0.25, 0.3) is 0 Å². The lowest BCUT2D eigenvalue weighted by molar-refractivity contribution is -0.120. The number of amides is 1. The van der Waals surface area contributed by atoms with Crippen LogP contribution in [0.3, 0.4) is 0 Å². The predicted octanol–water partition coefficient (Wildman–Crippen LogP) is 2.96. The molecule has 2 aromatic rings. The lowest BCUT2D eigenvalue weighted by Gasteiger charge is -2.15. The lowest BCUT2D eigenvalue weighted by atomic mass is 10.2. The first-order valence-corrected chi connectivity index (χ1v) is 10.4.